The Morgan fingerprint density at radius 1 is 1.17 bits per heavy atom. The number of allylic oxidation sites excluding steroid dienone is 1. The molecule has 0 fully saturated rings. The molecule has 0 aliphatic rings. The lowest BCUT2D eigenvalue weighted by Gasteiger charge is -2.07. The highest BCUT2D eigenvalue weighted by atomic mass is 15.0. The van der Waals surface area contributed by atoms with E-state index in [-0.39, 0.29) is 0 Å². The van der Waals surface area contributed by atoms with Gasteiger partial charge in [0.05, 0.1) is 0 Å². The number of anilines is 1. The molecule has 0 radical (unpaired) electrons. The van der Waals surface area contributed by atoms with Crippen molar-refractivity contribution in [3.8, 4) is 0 Å². The first-order chi connectivity index (χ1) is 8.83. The van der Waals surface area contributed by atoms with Crippen molar-refractivity contribution in [1.29, 1.82) is 0 Å². The van der Waals surface area contributed by atoms with Gasteiger partial charge in [0.2, 0.25) is 0 Å². The molecular formula is C16H18N2. The molecule has 18 heavy (non-hydrogen) atoms. The van der Waals surface area contributed by atoms with E-state index < -0.39 is 0 Å². The van der Waals surface area contributed by atoms with E-state index in [1.807, 2.05) is 6.92 Å². The predicted molar refractivity (Wildman–Crippen MR) is 80.1 cm³/mol. The second kappa shape index (κ2) is 6.01. The van der Waals surface area contributed by atoms with E-state index in [1.165, 1.54) is 10.8 Å². The summed E-state index contributed by atoms with van der Waals surface area (Å²) in [6.07, 6.45) is 4.85. The van der Waals surface area contributed by atoms with Crippen LogP contribution in [0.3, 0.4) is 0 Å². The first-order valence-electron chi connectivity index (χ1n) is 6.28. The Balaban J connectivity index is 2.28. The minimum Gasteiger partial charge on any atom is -0.341 e. The molecule has 2 aromatic rings. The fourth-order valence-corrected chi connectivity index (χ4v) is 1.88. The van der Waals surface area contributed by atoms with Gasteiger partial charge in [-0.25, -0.2) is 4.99 Å². The average Bonchev–Trinajstić information content (AvgIpc) is 2.39. The molecule has 0 bridgehead atoms. The van der Waals surface area contributed by atoms with Crippen LogP contribution in [0.1, 0.15) is 20.3 Å². The number of hydrogen-bond acceptors (Lipinski definition) is 2. The topological polar surface area (TPSA) is 24.4 Å². The molecule has 2 nitrogen and oxygen atoms in total. The monoisotopic (exact) mass is 238 g/mol. The minimum atomic E-state index is 0.898. The SMILES string of the molecule is C/C=N\C(=C/CC)Nc1ccc2ccccc2c1. The third-order valence-corrected chi connectivity index (χ3v) is 2.69. The van der Waals surface area contributed by atoms with Crippen molar-refractivity contribution < 1.29 is 0 Å². The number of aliphatic imine (C=N–C) groups is 1. The van der Waals surface area contributed by atoms with Gasteiger partial charge in [0.1, 0.15) is 5.82 Å². The number of nitrogens with one attached hydrogen (secondary N) is 1. The summed E-state index contributed by atoms with van der Waals surface area (Å²) in [6.45, 7) is 4.03. The second-order valence-electron chi connectivity index (χ2n) is 4.07. The number of fused-ring (bicyclic) bond motifs is 1. The second-order valence-corrected chi connectivity index (χ2v) is 4.07. The van der Waals surface area contributed by atoms with Gasteiger partial charge in [-0.15, -0.1) is 0 Å². The van der Waals surface area contributed by atoms with Crippen molar-refractivity contribution in [2.75, 3.05) is 5.32 Å². The van der Waals surface area contributed by atoms with Crippen LogP contribution >= 0.6 is 0 Å². The maximum atomic E-state index is 4.31. The molecule has 0 saturated heterocycles. The van der Waals surface area contributed by atoms with E-state index in [0.717, 1.165) is 17.9 Å². The van der Waals surface area contributed by atoms with Crippen LogP contribution in [-0.4, -0.2) is 6.21 Å². The van der Waals surface area contributed by atoms with Crippen LogP contribution in [0, 0.1) is 0 Å². The molecule has 0 aromatic heterocycles. The van der Waals surface area contributed by atoms with Crippen molar-refractivity contribution >= 4 is 22.7 Å². The van der Waals surface area contributed by atoms with Gasteiger partial charge in [0.15, 0.2) is 0 Å². The molecule has 2 aromatic carbocycles. The summed E-state index contributed by atoms with van der Waals surface area (Å²) >= 11 is 0. The van der Waals surface area contributed by atoms with E-state index in [2.05, 4.69) is 65.8 Å². The predicted octanol–water partition coefficient (Wildman–Crippen LogP) is 4.59. The van der Waals surface area contributed by atoms with Gasteiger partial charge in [-0.2, -0.15) is 0 Å². The summed E-state index contributed by atoms with van der Waals surface area (Å²) in [5, 5.41) is 5.82. The molecular weight excluding hydrogens is 220 g/mol. The van der Waals surface area contributed by atoms with Crippen LogP contribution in [-0.2, 0) is 0 Å². The first-order valence-corrected chi connectivity index (χ1v) is 6.28. The van der Waals surface area contributed by atoms with E-state index >= 15 is 0 Å². The minimum absolute atomic E-state index is 0.898. The van der Waals surface area contributed by atoms with E-state index in [0.29, 0.717) is 0 Å². The smallest absolute Gasteiger partial charge is 0.125 e. The Hall–Kier alpha value is -2.09. The summed E-state index contributed by atoms with van der Waals surface area (Å²) in [5.74, 6) is 0.898. The van der Waals surface area contributed by atoms with Gasteiger partial charge in [0, 0.05) is 11.9 Å². The zero-order valence-electron chi connectivity index (χ0n) is 10.9. The Morgan fingerprint density at radius 2 is 1.94 bits per heavy atom. The number of hydrogen-bond donors (Lipinski definition) is 1. The molecule has 0 atom stereocenters. The normalized spacial score (nSPS) is 12.2. The number of nitrogens with zero attached hydrogens (tertiary/aromatic N) is 1. The Bertz CT molecular complexity index is 582. The van der Waals surface area contributed by atoms with Gasteiger partial charge in [-0.3, -0.25) is 0 Å². The molecule has 0 unspecified atom stereocenters. The molecule has 0 heterocycles. The molecule has 0 amide bonds. The Labute approximate surface area is 108 Å². The maximum absolute atomic E-state index is 4.31. The highest BCUT2D eigenvalue weighted by Crippen LogP contribution is 2.20. The van der Waals surface area contributed by atoms with Crippen LogP contribution in [0.15, 0.2) is 59.4 Å². The van der Waals surface area contributed by atoms with Crippen molar-refractivity contribution in [3.05, 3.63) is 54.4 Å². The number of rotatable bonds is 4. The maximum Gasteiger partial charge on any atom is 0.125 e. The summed E-state index contributed by atoms with van der Waals surface area (Å²) < 4.78 is 0. The molecule has 0 saturated carbocycles. The summed E-state index contributed by atoms with van der Waals surface area (Å²) in [4.78, 5) is 4.31. The van der Waals surface area contributed by atoms with Gasteiger partial charge in [-0.05, 0) is 42.3 Å². The molecule has 2 rings (SSSR count). The van der Waals surface area contributed by atoms with Crippen LogP contribution in [0.25, 0.3) is 10.8 Å². The quantitative estimate of drug-likeness (QED) is 0.774. The Kier molecular flexibility index (Phi) is 4.13. The lowest BCUT2D eigenvalue weighted by molar-refractivity contribution is 1.16. The fourth-order valence-electron chi connectivity index (χ4n) is 1.88. The van der Waals surface area contributed by atoms with Crippen molar-refractivity contribution in [2.24, 2.45) is 4.99 Å². The highest BCUT2D eigenvalue weighted by molar-refractivity contribution is 5.85. The summed E-state index contributed by atoms with van der Waals surface area (Å²) in [5.41, 5.74) is 1.07. The fraction of sp³-hybridized carbons (Fsp3) is 0.188. The molecule has 92 valence electrons. The van der Waals surface area contributed by atoms with Crippen molar-refractivity contribution in [1.82, 2.24) is 0 Å². The lowest BCUT2D eigenvalue weighted by atomic mass is 10.1. The van der Waals surface area contributed by atoms with Gasteiger partial charge >= 0.3 is 0 Å². The zero-order valence-corrected chi connectivity index (χ0v) is 10.9. The van der Waals surface area contributed by atoms with Crippen LogP contribution in [0.4, 0.5) is 5.69 Å². The largest absolute Gasteiger partial charge is 0.341 e. The molecule has 1 N–H and O–H groups in total. The van der Waals surface area contributed by atoms with Gasteiger partial charge in [0.25, 0.3) is 0 Å². The van der Waals surface area contributed by atoms with Crippen LogP contribution < -0.4 is 5.32 Å². The van der Waals surface area contributed by atoms with Crippen molar-refractivity contribution in [2.45, 2.75) is 20.3 Å². The summed E-state index contributed by atoms with van der Waals surface area (Å²) in [7, 11) is 0. The molecule has 0 spiro atoms. The first kappa shape index (κ1) is 12.4. The molecule has 0 aliphatic heterocycles. The Morgan fingerprint density at radius 3 is 2.67 bits per heavy atom. The molecule has 2 heteroatoms. The van der Waals surface area contributed by atoms with Crippen molar-refractivity contribution in [3.63, 3.8) is 0 Å². The van der Waals surface area contributed by atoms with Gasteiger partial charge in [-0.1, -0.05) is 37.3 Å². The van der Waals surface area contributed by atoms with Crippen LogP contribution in [0.5, 0.6) is 0 Å². The zero-order chi connectivity index (χ0) is 12.8. The standard InChI is InChI=1S/C16H18N2/c1-3-7-16(17-4-2)18-15-11-10-13-8-5-6-9-14(13)12-15/h4-12,18H,3H2,1-2H3/b16-7+,17-4-. The summed E-state index contributed by atoms with van der Waals surface area (Å²) in [6, 6.07) is 14.7. The number of benzene rings is 2. The van der Waals surface area contributed by atoms with E-state index in [9.17, 15) is 0 Å². The molecule has 0 aliphatic carbocycles. The highest BCUT2D eigenvalue weighted by Gasteiger charge is 1.97. The lowest BCUT2D eigenvalue weighted by Crippen LogP contribution is -1.97. The van der Waals surface area contributed by atoms with E-state index in [1.54, 1.807) is 6.21 Å². The third kappa shape index (κ3) is 2.98. The van der Waals surface area contributed by atoms with Crippen LogP contribution in [0.2, 0.25) is 0 Å². The third-order valence-electron chi connectivity index (χ3n) is 2.69. The van der Waals surface area contributed by atoms with Gasteiger partial charge < -0.3 is 5.32 Å². The average molecular weight is 238 g/mol. The van der Waals surface area contributed by atoms with E-state index in [4.69, 9.17) is 0 Å².